The average Bonchev–Trinajstić information content (AvgIpc) is 3.24. The molecule has 2 aromatic heterocycles. The van der Waals surface area contributed by atoms with Gasteiger partial charge in [0.1, 0.15) is 5.01 Å². The Kier molecular flexibility index (Phi) is 10.2. The number of rotatable bonds is 7. The van der Waals surface area contributed by atoms with Gasteiger partial charge in [0.25, 0.3) is 0 Å². The molecular formula is C18H26F3IN8S. The predicted molar refractivity (Wildman–Crippen MR) is 126 cm³/mol. The molecule has 8 nitrogen and oxygen atoms in total. The summed E-state index contributed by atoms with van der Waals surface area (Å²) in [4.78, 5) is 20.9. The Hall–Kier alpha value is -1.74. The first kappa shape index (κ1) is 25.5. The van der Waals surface area contributed by atoms with Crippen LogP contribution in [0.2, 0.25) is 0 Å². The van der Waals surface area contributed by atoms with Crippen molar-refractivity contribution in [2.45, 2.75) is 19.1 Å². The summed E-state index contributed by atoms with van der Waals surface area (Å²) in [5.41, 5.74) is -0.855. The Morgan fingerprint density at radius 1 is 1.16 bits per heavy atom. The van der Waals surface area contributed by atoms with Crippen molar-refractivity contribution < 1.29 is 13.2 Å². The maximum atomic E-state index is 12.6. The molecule has 0 saturated carbocycles. The summed E-state index contributed by atoms with van der Waals surface area (Å²) in [5.74, 6) is 1.32. The minimum atomic E-state index is -4.41. The van der Waals surface area contributed by atoms with E-state index in [0.717, 1.165) is 61.8 Å². The van der Waals surface area contributed by atoms with Crippen LogP contribution >= 0.6 is 35.3 Å². The second kappa shape index (κ2) is 12.3. The lowest BCUT2D eigenvalue weighted by molar-refractivity contribution is -0.140. The van der Waals surface area contributed by atoms with E-state index in [2.05, 4.69) is 40.4 Å². The Balaban J connectivity index is 0.00000341. The smallest absolute Gasteiger partial charge is 0.356 e. The van der Waals surface area contributed by atoms with Gasteiger partial charge in [0.05, 0.1) is 6.54 Å². The van der Waals surface area contributed by atoms with E-state index in [0.29, 0.717) is 17.5 Å². The van der Waals surface area contributed by atoms with Crippen molar-refractivity contribution in [1.29, 1.82) is 0 Å². The van der Waals surface area contributed by atoms with Gasteiger partial charge < -0.3 is 15.5 Å². The molecule has 1 aliphatic rings. The Bertz CT molecular complexity index is 810. The Morgan fingerprint density at radius 3 is 2.48 bits per heavy atom. The number of halogens is 4. The fourth-order valence-electron chi connectivity index (χ4n) is 3.04. The number of nitrogens with zero attached hydrogens (tertiary/aromatic N) is 6. The van der Waals surface area contributed by atoms with Crippen molar-refractivity contribution in [3.8, 4) is 0 Å². The summed E-state index contributed by atoms with van der Waals surface area (Å²) in [5, 5.41) is 7.58. The van der Waals surface area contributed by atoms with Crippen LogP contribution in [0.1, 0.15) is 17.1 Å². The van der Waals surface area contributed by atoms with Gasteiger partial charge in [-0.3, -0.25) is 9.89 Å². The van der Waals surface area contributed by atoms with Crippen molar-refractivity contribution >= 4 is 47.2 Å². The van der Waals surface area contributed by atoms with Crippen LogP contribution in [0, 0.1) is 0 Å². The fourth-order valence-corrected chi connectivity index (χ4v) is 3.78. The molecule has 3 rings (SSSR count). The number of aliphatic imine (C=N–C) groups is 1. The highest BCUT2D eigenvalue weighted by atomic mass is 127. The van der Waals surface area contributed by atoms with Gasteiger partial charge >= 0.3 is 6.18 Å². The zero-order chi connectivity index (χ0) is 21.4. The highest BCUT2D eigenvalue weighted by molar-refractivity contribution is 14.0. The summed E-state index contributed by atoms with van der Waals surface area (Å²) >= 11 is 0.979. The summed E-state index contributed by atoms with van der Waals surface area (Å²) < 4.78 is 37.8. The molecule has 2 N–H and O–H groups in total. The number of thiazole rings is 1. The Morgan fingerprint density at radius 2 is 1.87 bits per heavy atom. The van der Waals surface area contributed by atoms with E-state index in [1.165, 1.54) is 0 Å². The Labute approximate surface area is 200 Å². The van der Waals surface area contributed by atoms with E-state index in [4.69, 9.17) is 0 Å². The minimum Gasteiger partial charge on any atom is -0.356 e. The van der Waals surface area contributed by atoms with Crippen molar-refractivity contribution in [1.82, 2.24) is 30.5 Å². The molecule has 0 bridgehead atoms. The van der Waals surface area contributed by atoms with Gasteiger partial charge in [0, 0.05) is 57.5 Å². The van der Waals surface area contributed by atoms with Crippen LogP contribution in [-0.4, -0.2) is 72.1 Å². The summed E-state index contributed by atoms with van der Waals surface area (Å²) in [6, 6.07) is 1.81. The molecule has 3 heterocycles. The first-order chi connectivity index (χ1) is 14.5. The van der Waals surface area contributed by atoms with Gasteiger partial charge in [0.15, 0.2) is 11.7 Å². The topological polar surface area (TPSA) is 81.6 Å². The zero-order valence-electron chi connectivity index (χ0n) is 17.1. The maximum absolute atomic E-state index is 12.6. The monoisotopic (exact) mass is 570 g/mol. The van der Waals surface area contributed by atoms with Gasteiger partial charge in [0.2, 0.25) is 5.95 Å². The molecule has 0 amide bonds. The van der Waals surface area contributed by atoms with E-state index in [-0.39, 0.29) is 30.5 Å². The van der Waals surface area contributed by atoms with Crippen LogP contribution in [0.5, 0.6) is 0 Å². The molecule has 2 aromatic rings. The van der Waals surface area contributed by atoms with Crippen LogP contribution in [-0.2, 0) is 12.7 Å². The number of alkyl halides is 3. The van der Waals surface area contributed by atoms with E-state index < -0.39 is 11.9 Å². The third-order valence-corrected chi connectivity index (χ3v) is 5.47. The standard InChI is InChI=1S/C18H25F3N8S.HI/c1-22-16(26-12-15-27-14(13-30-15)18(19,20)21)23-6-3-7-28-8-10-29(11-9-28)17-24-4-2-5-25-17;/h2,4-5,13H,3,6-12H2,1H3,(H2,22,23,26);1H. The third-order valence-electron chi connectivity index (χ3n) is 4.62. The molecule has 0 radical (unpaired) electrons. The highest BCUT2D eigenvalue weighted by Crippen LogP contribution is 2.29. The number of guanidine groups is 1. The lowest BCUT2D eigenvalue weighted by atomic mass is 10.3. The van der Waals surface area contributed by atoms with Crippen LogP contribution < -0.4 is 15.5 Å². The number of anilines is 1. The lowest BCUT2D eigenvalue weighted by Crippen LogP contribution is -2.47. The van der Waals surface area contributed by atoms with Gasteiger partial charge in [-0.15, -0.1) is 35.3 Å². The van der Waals surface area contributed by atoms with Gasteiger partial charge in [-0.05, 0) is 19.0 Å². The quantitative estimate of drug-likeness (QED) is 0.229. The van der Waals surface area contributed by atoms with Crippen molar-refractivity contribution in [3.05, 3.63) is 34.5 Å². The van der Waals surface area contributed by atoms with Gasteiger partial charge in [-0.25, -0.2) is 15.0 Å². The molecule has 0 aliphatic carbocycles. The van der Waals surface area contributed by atoms with E-state index in [9.17, 15) is 13.2 Å². The van der Waals surface area contributed by atoms with Crippen LogP contribution in [0.15, 0.2) is 28.8 Å². The number of nitrogens with one attached hydrogen (secondary N) is 2. The number of piperazine rings is 1. The third kappa shape index (κ3) is 8.03. The van der Waals surface area contributed by atoms with Crippen LogP contribution in [0.25, 0.3) is 0 Å². The largest absolute Gasteiger partial charge is 0.434 e. The molecule has 0 unspecified atom stereocenters. The summed E-state index contributed by atoms with van der Waals surface area (Å²) in [6.07, 6.45) is 0.0301. The number of hydrogen-bond acceptors (Lipinski definition) is 7. The van der Waals surface area contributed by atoms with Crippen molar-refractivity contribution in [2.24, 2.45) is 4.99 Å². The molecule has 31 heavy (non-hydrogen) atoms. The number of hydrogen-bond donors (Lipinski definition) is 2. The van der Waals surface area contributed by atoms with E-state index in [1.54, 1.807) is 19.4 Å². The number of aromatic nitrogens is 3. The average molecular weight is 570 g/mol. The normalized spacial score (nSPS) is 15.5. The van der Waals surface area contributed by atoms with Crippen LogP contribution in [0.4, 0.5) is 19.1 Å². The van der Waals surface area contributed by atoms with E-state index in [1.807, 2.05) is 6.07 Å². The second-order valence-corrected chi connectivity index (χ2v) is 7.65. The fraction of sp³-hybridized carbons (Fsp3) is 0.556. The van der Waals surface area contributed by atoms with Crippen molar-refractivity contribution in [3.63, 3.8) is 0 Å². The second-order valence-electron chi connectivity index (χ2n) is 6.71. The first-order valence-corrected chi connectivity index (χ1v) is 10.5. The molecule has 0 spiro atoms. The first-order valence-electron chi connectivity index (χ1n) is 9.66. The SMILES string of the molecule is CN=C(NCCCN1CCN(c2ncccn2)CC1)NCc1nc(C(F)(F)F)cs1.I. The molecule has 0 atom stereocenters. The van der Waals surface area contributed by atoms with Crippen molar-refractivity contribution in [2.75, 3.05) is 51.2 Å². The molecule has 1 fully saturated rings. The molecule has 13 heteroatoms. The van der Waals surface area contributed by atoms with Gasteiger partial charge in [-0.2, -0.15) is 13.2 Å². The predicted octanol–water partition coefficient (Wildman–Crippen LogP) is 2.45. The molecule has 1 aliphatic heterocycles. The lowest BCUT2D eigenvalue weighted by Gasteiger charge is -2.34. The van der Waals surface area contributed by atoms with E-state index >= 15 is 0 Å². The van der Waals surface area contributed by atoms with Crippen LogP contribution in [0.3, 0.4) is 0 Å². The highest BCUT2D eigenvalue weighted by Gasteiger charge is 2.33. The molecule has 172 valence electrons. The summed E-state index contributed by atoms with van der Waals surface area (Å²) in [7, 11) is 1.63. The maximum Gasteiger partial charge on any atom is 0.434 e. The van der Waals surface area contributed by atoms with Gasteiger partial charge in [-0.1, -0.05) is 0 Å². The molecule has 0 aromatic carbocycles. The molecular weight excluding hydrogens is 544 g/mol. The molecule has 1 saturated heterocycles. The summed E-state index contributed by atoms with van der Waals surface area (Å²) in [6.45, 7) is 5.57. The zero-order valence-corrected chi connectivity index (χ0v) is 20.2. The minimum absolute atomic E-state index is 0.